The maximum atomic E-state index is 13.9. The lowest BCUT2D eigenvalue weighted by atomic mass is 10.0. The minimum Gasteiger partial charge on any atom is -0.478 e. The number of nitrogens with two attached hydrogens (primary N) is 1. The van der Waals surface area contributed by atoms with Gasteiger partial charge < -0.3 is 15.8 Å². The molecule has 0 heterocycles. The quantitative estimate of drug-likeness (QED) is 0.808. The molecule has 0 radical (unpaired) electrons. The molecule has 6 heteroatoms. The van der Waals surface area contributed by atoms with Crippen molar-refractivity contribution in [2.75, 3.05) is 6.61 Å². The molecule has 1 amide bonds. The first-order valence-electron chi connectivity index (χ1n) is 7.15. The van der Waals surface area contributed by atoms with Crippen LogP contribution >= 0.6 is 0 Å². The van der Waals surface area contributed by atoms with Gasteiger partial charge in [0.15, 0.2) is 24.0 Å². The molecule has 3 N–H and O–H groups in total. The molecule has 1 atom stereocenters. The smallest absolute Gasteiger partial charge is 0.258 e. The summed E-state index contributed by atoms with van der Waals surface area (Å²) in [5, 5.41) is 2.68. The van der Waals surface area contributed by atoms with Crippen LogP contribution in [0.25, 0.3) is 0 Å². The predicted octanol–water partition coefficient (Wildman–Crippen LogP) is 1.90. The van der Waals surface area contributed by atoms with Gasteiger partial charge in [0.2, 0.25) is 0 Å². The molecule has 1 fully saturated rings. The van der Waals surface area contributed by atoms with Gasteiger partial charge in [0.05, 0.1) is 0 Å². The van der Waals surface area contributed by atoms with Gasteiger partial charge in [0.25, 0.3) is 5.91 Å². The molecule has 1 aliphatic rings. The van der Waals surface area contributed by atoms with E-state index in [1.165, 1.54) is 12.1 Å². The zero-order valence-corrected chi connectivity index (χ0v) is 12.0. The third kappa shape index (κ3) is 4.67. The Balaban J connectivity index is 1.97. The lowest BCUT2D eigenvalue weighted by molar-refractivity contribution is -0.123. The Hall–Kier alpha value is -1.69. The van der Waals surface area contributed by atoms with Crippen LogP contribution in [0.5, 0.6) is 5.75 Å². The number of carbonyl (C=O) groups excluding carboxylic acids is 1. The molecule has 0 saturated heterocycles. The maximum Gasteiger partial charge on any atom is 0.258 e. The first-order valence-corrected chi connectivity index (χ1v) is 7.15. The van der Waals surface area contributed by atoms with Crippen molar-refractivity contribution in [1.29, 1.82) is 0 Å². The van der Waals surface area contributed by atoms with Gasteiger partial charge in [0, 0.05) is 12.1 Å². The largest absolute Gasteiger partial charge is 0.478 e. The average molecular weight is 298 g/mol. The number of benzene rings is 1. The Bertz CT molecular complexity index is 495. The van der Waals surface area contributed by atoms with Crippen molar-refractivity contribution in [1.82, 2.24) is 5.32 Å². The molecule has 1 aromatic rings. The summed E-state index contributed by atoms with van der Waals surface area (Å²) >= 11 is 0. The summed E-state index contributed by atoms with van der Waals surface area (Å²) in [5.74, 6) is -2.51. The first-order chi connectivity index (χ1) is 9.99. The minimum absolute atomic E-state index is 0.139. The van der Waals surface area contributed by atoms with Crippen molar-refractivity contribution < 1.29 is 18.3 Å². The summed E-state index contributed by atoms with van der Waals surface area (Å²) < 4.78 is 32.7. The third-order valence-electron chi connectivity index (χ3n) is 3.37. The van der Waals surface area contributed by atoms with Gasteiger partial charge in [-0.3, -0.25) is 4.79 Å². The van der Waals surface area contributed by atoms with Crippen molar-refractivity contribution in [3.63, 3.8) is 0 Å². The zero-order valence-electron chi connectivity index (χ0n) is 12.0. The van der Waals surface area contributed by atoms with Gasteiger partial charge in [0.1, 0.15) is 0 Å². The van der Waals surface area contributed by atoms with Crippen molar-refractivity contribution in [3.05, 3.63) is 29.3 Å². The van der Waals surface area contributed by atoms with Gasteiger partial charge in [-0.25, -0.2) is 8.78 Å². The van der Waals surface area contributed by atoms with Crippen LogP contribution in [0.15, 0.2) is 12.1 Å². The predicted molar refractivity (Wildman–Crippen MR) is 75.0 cm³/mol. The maximum absolute atomic E-state index is 13.9. The highest BCUT2D eigenvalue weighted by molar-refractivity contribution is 5.78. The molecule has 0 bridgehead atoms. The van der Waals surface area contributed by atoms with E-state index < -0.39 is 24.0 Å². The number of nitrogens with one attached hydrogen (secondary N) is 1. The molecule has 1 saturated carbocycles. The van der Waals surface area contributed by atoms with Crippen LogP contribution in [-0.2, 0) is 11.2 Å². The zero-order chi connectivity index (χ0) is 15.4. The molecule has 0 spiro atoms. The van der Waals surface area contributed by atoms with E-state index in [-0.39, 0.29) is 18.0 Å². The molecule has 1 aliphatic carbocycles. The fraction of sp³-hybridized carbons (Fsp3) is 0.533. The van der Waals surface area contributed by atoms with Crippen molar-refractivity contribution in [2.24, 2.45) is 5.73 Å². The highest BCUT2D eigenvalue weighted by atomic mass is 19.1. The lowest BCUT2D eigenvalue weighted by Crippen LogP contribution is -2.30. The van der Waals surface area contributed by atoms with E-state index in [1.54, 1.807) is 0 Å². The number of rotatable bonds is 7. The van der Waals surface area contributed by atoms with Gasteiger partial charge in [-0.15, -0.1) is 0 Å². The third-order valence-corrected chi connectivity index (χ3v) is 3.37. The van der Waals surface area contributed by atoms with E-state index in [0.717, 1.165) is 19.3 Å². The van der Waals surface area contributed by atoms with E-state index in [4.69, 9.17) is 10.5 Å². The number of hydrogen-bond donors (Lipinski definition) is 2. The summed E-state index contributed by atoms with van der Waals surface area (Å²) in [6, 6.07) is 2.45. The molecular weight excluding hydrogens is 278 g/mol. The molecular formula is C15H20F2N2O2. The van der Waals surface area contributed by atoms with E-state index in [1.807, 2.05) is 6.92 Å². The van der Waals surface area contributed by atoms with Crippen molar-refractivity contribution in [3.8, 4) is 5.75 Å². The Morgan fingerprint density at radius 2 is 2.05 bits per heavy atom. The van der Waals surface area contributed by atoms with Gasteiger partial charge in [-0.2, -0.15) is 0 Å². The lowest BCUT2D eigenvalue weighted by Gasteiger charge is -2.12. The topological polar surface area (TPSA) is 64.3 Å². The molecule has 116 valence electrons. The van der Waals surface area contributed by atoms with Gasteiger partial charge in [-0.1, -0.05) is 6.92 Å². The van der Waals surface area contributed by atoms with Crippen LogP contribution in [0.2, 0.25) is 0 Å². The SMILES string of the molecule is CCC(N)Cc1cc(F)c(OCC(=O)NC2CC2)c(F)c1. The van der Waals surface area contributed by atoms with Crippen molar-refractivity contribution in [2.45, 2.75) is 44.7 Å². The second kappa shape index (κ2) is 6.85. The fourth-order valence-electron chi connectivity index (χ4n) is 1.95. The van der Waals surface area contributed by atoms with Crippen LogP contribution in [0, 0.1) is 11.6 Å². The standard InChI is InChI=1S/C15H20F2N2O2/c1-2-10(18)5-9-6-12(16)15(13(17)7-9)21-8-14(20)19-11-3-4-11/h6-7,10-11H,2-5,8,18H2,1H3,(H,19,20). The molecule has 21 heavy (non-hydrogen) atoms. The number of amides is 1. The second-order valence-electron chi connectivity index (χ2n) is 5.39. The first kappa shape index (κ1) is 15.7. The van der Waals surface area contributed by atoms with Crippen LogP contribution in [0.3, 0.4) is 0 Å². The Kier molecular flexibility index (Phi) is 5.12. The van der Waals surface area contributed by atoms with Crippen LogP contribution in [-0.4, -0.2) is 24.6 Å². The van der Waals surface area contributed by atoms with E-state index >= 15 is 0 Å². The van der Waals surface area contributed by atoms with Crippen LogP contribution in [0.1, 0.15) is 31.7 Å². The molecule has 2 rings (SSSR count). The monoisotopic (exact) mass is 298 g/mol. The molecule has 1 aromatic carbocycles. The number of carbonyl (C=O) groups is 1. The van der Waals surface area contributed by atoms with E-state index in [2.05, 4.69) is 5.32 Å². The summed E-state index contributed by atoms with van der Waals surface area (Å²) in [4.78, 5) is 11.4. The minimum atomic E-state index is -0.812. The highest BCUT2D eigenvalue weighted by Gasteiger charge is 2.23. The molecule has 1 unspecified atom stereocenters. The van der Waals surface area contributed by atoms with Crippen molar-refractivity contribution >= 4 is 5.91 Å². The molecule has 4 nitrogen and oxygen atoms in total. The number of halogens is 2. The number of hydrogen-bond acceptors (Lipinski definition) is 3. The highest BCUT2D eigenvalue weighted by Crippen LogP contribution is 2.24. The van der Waals surface area contributed by atoms with Gasteiger partial charge >= 0.3 is 0 Å². The molecule has 0 aliphatic heterocycles. The number of ether oxygens (including phenoxy) is 1. The summed E-state index contributed by atoms with van der Waals surface area (Å²) in [5.41, 5.74) is 6.25. The fourth-order valence-corrected chi connectivity index (χ4v) is 1.95. The summed E-state index contributed by atoms with van der Waals surface area (Å²) in [6.45, 7) is 1.52. The van der Waals surface area contributed by atoms with E-state index in [0.29, 0.717) is 12.0 Å². The van der Waals surface area contributed by atoms with Crippen LogP contribution in [0.4, 0.5) is 8.78 Å². The Morgan fingerprint density at radius 3 is 2.57 bits per heavy atom. The Morgan fingerprint density at radius 1 is 1.43 bits per heavy atom. The average Bonchev–Trinajstić information content (AvgIpc) is 3.21. The summed E-state index contributed by atoms with van der Waals surface area (Å²) in [7, 11) is 0. The van der Waals surface area contributed by atoms with E-state index in [9.17, 15) is 13.6 Å². The van der Waals surface area contributed by atoms with Crippen LogP contribution < -0.4 is 15.8 Å². The summed E-state index contributed by atoms with van der Waals surface area (Å²) in [6.07, 6.45) is 3.01. The normalized spacial score (nSPS) is 15.6. The Labute approximate surface area is 122 Å². The van der Waals surface area contributed by atoms with Gasteiger partial charge in [-0.05, 0) is 43.4 Å². The second-order valence-corrected chi connectivity index (χ2v) is 5.39. The molecule has 0 aromatic heterocycles.